The number of rotatable bonds is 4. The maximum absolute atomic E-state index is 5.16. The Morgan fingerprint density at radius 3 is 2.69 bits per heavy atom. The van der Waals surface area contributed by atoms with E-state index < -0.39 is 0 Å². The van der Waals surface area contributed by atoms with Gasteiger partial charge in [-0.3, -0.25) is 0 Å². The van der Waals surface area contributed by atoms with Crippen molar-refractivity contribution in [2.24, 2.45) is 0 Å². The molecule has 1 aliphatic heterocycles. The van der Waals surface area contributed by atoms with Crippen molar-refractivity contribution in [2.75, 3.05) is 18.6 Å². The Labute approximate surface area is 102 Å². The molecule has 0 bridgehead atoms. The summed E-state index contributed by atoms with van der Waals surface area (Å²) < 4.78 is 5.16. The molecule has 1 saturated heterocycles. The zero-order chi connectivity index (χ0) is 11.4. The van der Waals surface area contributed by atoms with E-state index in [0.717, 1.165) is 5.75 Å². The maximum Gasteiger partial charge on any atom is 0.118 e. The van der Waals surface area contributed by atoms with Crippen LogP contribution in [0.2, 0.25) is 0 Å². The van der Waals surface area contributed by atoms with E-state index in [1.165, 1.54) is 23.5 Å². The van der Waals surface area contributed by atoms with Crippen LogP contribution in [0.1, 0.15) is 24.9 Å². The monoisotopic (exact) mass is 237 g/mol. The minimum Gasteiger partial charge on any atom is -0.497 e. The number of nitrogens with one attached hydrogen (secondary N) is 1. The summed E-state index contributed by atoms with van der Waals surface area (Å²) in [7, 11) is 1.70. The zero-order valence-corrected chi connectivity index (χ0v) is 10.7. The molecule has 0 aromatic heterocycles. The highest BCUT2D eigenvalue weighted by atomic mass is 32.2. The fourth-order valence-corrected chi connectivity index (χ4v) is 3.17. The highest BCUT2D eigenvalue weighted by Gasteiger charge is 2.17. The maximum atomic E-state index is 5.16. The smallest absolute Gasteiger partial charge is 0.118 e. The van der Waals surface area contributed by atoms with E-state index in [9.17, 15) is 0 Å². The minimum atomic E-state index is 0.426. The molecule has 1 aliphatic rings. The zero-order valence-electron chi connectivity index (χ0n) is 9.90. The molecule has 1 unspecified atom stereocenters. The second-order valence-electron chi connectivity index (χ2n) is 4.22. The van der Waals surface area contributed by atoms with Crippen LogP contribution >= 0.6 is 11.8 Å². The first kappa shape index (κ1) is 11.8. The summed E-state index contributed by atoms with van der Waals surface area (Å²) in [5, 5.41) is 3.67. The van der Waals surface area contributed by atoms with E-state index in [1.54, 1.807) is 7.11 Å². The molecule has 2 rings (SSSR count). The Kier molecular flexibility index (Phi) is 4.13. The topological polar surface area (TPSA) is 21.3 Å². The predicted molar refractivity (Wildman–Crippen MR) is 70.3 cm³/mol. The van der Waals surface area contributed by atoms with Crippen LogP contribution in [0, 0.1) is 0 Å². The molecule has 0 saturated carbocycles. The Morgan fingerprint density at radius 2 is 2.12 bits per heavy atom. The lowest BCUT2D eigenvalue weighted by molar-refractivity contribution is 0.414. The fourth-order valence-electron chi connectivity index (χ4n) is 2.01. The number of benzene rings is 1. The van der Waals surface area contributed by atoms with Gasteiger partial charge in [-0.1, -0.05) is 12.1 Å². The molecule has 0 amide bonds. The third-order valence-electron chi connectivity index (χ3n) is 3.03. The van der Waals surface area contributed by atoms with Crippen LogP contribution in [-0.4, -0.2) is 24.7 Å². The quantitative estimate of drug-likeness (QED) is 0.870. The third-order valence-corrected chi connectivity index (χ3v) is 4.19. The fraction of sp³-hybridized carbons (Fsp3) is 0.538. The first-order chi connectivity index (χ1) is 7.79. The standard InChI is InChI=1S/C13H19NOS/c1-10(14-12-7-8-16-9-12)11-3-5-13(15-2)6-4-11/h3-6,10,12,14H,7-9H2,1-2H3/t10-,12?/m1/s1. The van der Waals surface area contributed by atoms with Crippen molar-refractivity contribution in [3.63, 3.8) is 0 Å². The van der Waals surface area contributed by atoms with E-state index in [0.29, 0.717) is 12.1 Å². The first-order valence-corrected chi connectivity index (χ1v) is 6.93. The molecule has 0 spiro atoms. The van der Waals surface area contributed by atoms with Gasteiger partial charge in [0.2, 0.25) is 0 Å². The van der Waals surface area contributed by atoms with Gasteiger partial charge in [0.25, 0.3) is 0 Å². The summed E-state index contributed by atoms with van der Waals surface area (Å²) >= 11 is 2.04. The van der Waals surface area contributed by atoms with E-state index >= 15 is 0 Å². The van der Waals surface area contributed by atoms with Crippen molar-refractivity contribution in [1.29, 1.82) is 0 Å². The molecular weight excluding hydrogens is 218 g/mol. The number of hydrogen-bond donors (Lipinski definition) is 1. The van der Waals surface area contributed by atoms with Gasteiger partial charge in [-0.15, -0.1) is 0 Å². The van der Waals surface area contributed by atoms with E-state index in [4.69, 9.17) is 4.74 Å². The largest absolute Gasteiger partial charge is 0.497 e. The lowest BCUT2D eigenvalue weighted by Crippen LogP contribution is -2.31. The average molecular weight is 237 g/mol. The Balaban J connectivity index is 1.94. The van der Waals surface area contributed by atoms with Gasteiger partial charge in [-0.25, -0.2) is 0 Å². The molecule has 1 heterocycles. The molecular formula is C13H19NOS. The minimum absolute atomic E-state index is 0.426. The molecule has 0 aliphatic carbocycles. The molecule has 2 atom stereocenters. The molecule has 1 aromatic rings. The van der Waals surface area contributed by atoms with Gasteiger partial charge < -0.3 is 10.1 Å². The van der Waals surface area contributed by atoms with Gasteiger partial charge in [0.05, 0.1) is 7.11 Å². The lowest BCUT2D eigenvalue weighted by Gasteiger charge is -2.19. The normalized spacial score (nSPS) is 22.0. The van der Waals surface area contributed by atoms with Crippen molar-refractivity contribution < 1.29 is 4.74 Å². The van der Waals surface area contributed by atoms with Gasteiger partial charge in [-0.05, 0) is 36.8 Å². The SMILES string of the molecule is COc1ccc([C@@H](C)NC2CCSC2)cc1. The van der Waals surface area contributed by atoms with E-state index in [-0.39, 0.29) is 0 Å². The molecule has 1 N–H and O–H groups in total. The van der Waals surface area contributed by atoms with Crippen molar-refractivity contribution >= 4 is 11.8 Å². The number of thioether (sulfide) groups is 1. The first-order valence-electron chi connectivity index (χ1n) is 5.77. The van der Waals surface area contributed by atoms with Gasteiger partial charge >= 0.3 is 0 Å². The summed E-state index contributed by atoms with van der Waals surface area (Å²) in [5.74, 6) is 3.47. The van der Waals surface area contributed by atoms with Crippen LogP contribution in [0.3, 0.4) is 0 Å². The third kappa shape index (κ3) is 2.92. The van der Waals surface area contributed by atoms with Crippen LogP contribution in [0.4, 0.5) is 0 Å². The van der Waals surface area contributed by atoms with Gasteiger partial charge in [0, 0.05) is 17.8 Å². The molecule has 1 aromatic carbocycles. The molecule has 16 heavy (non-hydrogen) atoms. The number of methoxy groups -OCH3 is 1. The lowest BCUT2D eigenvalue weighted by atomic mass is 10.1. The number of ether oxygens (including phenoxy) is 1. The predicted octanol–water partition coefficient (Wildman–Crippen LogP) is 2.85. The number of hydrogen-bond acceptors (Lipinski definition) is 3. The highest BCUT2D eigenvalue weighted by Crippen LogP contribution is 2.22. The molecule has 2 nitrogen and oxygen atoms in total. The molecule has 1 fully saturated rings. The summed E-state index contributed by atoms with van der Waals surface area (Å²) in [5.41, 5.74) is 1.33. The average Bonchev–Trinajstić information content (AvgIpc) is 2.82. The van der Waals surface area contributed by atoms with Gasteiger partial charge in [-0.2, -0.15) is 11.8 Å². The van der Waals surface area contributed by atoms with E-state index in [1.807, 2.05) is 23.9 Å². The highest BCUT2D eigenvalue weighted by molar-refractivity contribution is 7.99. The van der Waals surface area contributed by atoms with Gasteiger partial charge in [0.15, 0.2) is 0 Å². The molecule has 0 radical (unpaired) electrons. The van der Waals surface area contributed by atoms with Crippen molar-refractivity contribution in [2.45, 2.75) is 25.4 Å². The summed E-state index contributed by atoms with van der Waals surface area (Å²) in [6, 6.07) is 9.43. The summed E-state index contributed by atoms with van der Waals surface area (Å²) in [6.45, 7) is 2.23. The van der Waals surface area contributed by atoms with Crippen molar-refractivity contribution in [1.82, 2.24) is 5.32 Å². The van der Waals surface area contributed by atoms with Gasteiger partial charge in [0.1, 0.15) is 5.75 Å². The Morgan fingerprint density at radius 1 is 1.38 bits per heavy atom. The van der Waals surface area contributed by atoms with Crippen LogP contribution in [0.5, 0.6) is 5.75 Å². The van der Waals surface area contributed by atoms with Crippen LogP contribution < -0.4 is 10.1 Å². The second-order valence-corrected chi connectivity index (χ2v) is 5.37. The molecule has 88 valence electrons. The summed E-state index contributed by atoms with van der Waals surface area (Å²) in [6.07, 6.45) is 1.30. The van der Waals surface area contributed by atoms with Crippen LogP contribution in [0.25, 0.3) is 0 Å². The summed E-state index contributed by atoms with van der Waals surface area (Å²) in [4.78, 5) is 0. The van der Waals surface area contributed by atoms with Crippen molar-refractivity contribution in [3.8, 4) is 5.75 Å². The van der Waals surface area contributed by atoms with Crippen LogP contribution in [0.15, 0.2) is 24.3 Å². The van der Waals surface area contributed by atoms with Crippen LogP contribution in [-0.2, 0) is 0 Å². The Hall–Kier alpha value is -0.670. The Bertz CT molecular complexity index is 319. The van der Waals surface area contributed by atoms with E-state index in [2.05, 4.69) is 24.4 Å². The second kappa shape index (κ2) is 5.60. The van der Waals surface area contributed by atoms with Crippen molar-refractivity contribution in [3.05, 3.63) is 29.8 Å². The molecule has 3 heteroatoms.